The summed E-state index contributed by atoms with van der Waals surface area (Å²) in [7, 11) is 2.16. The van der Waals surface area contributed by atoms with Gasteiger partial charge in [-0.3, -0.25) is 4.90 Å². The number of aliphatic hydroxyl groups is 1. The van der Waals surface area contributed by atoms with E-state index in [9.17, 15) is 9.90 Å². The van der Waals surface area contributed by atoms with E-state index in [0.717, 1.165) is 45.4 Å². The van der Waals surface area contributed by atoms with Crippen molar-refractivity contribution in [3.63, 3.8) is 0 Å². The summed E-state index contributed by atoms with van der Waals surface area (Å²) in [6.07, 6.45) is 3.00. The number of nitrogens with zero attached hydrogens (tertiary/aromatic N) is 2. The summed E-state index contributed by atoms with van der Waals surface area (Å²) in [5, 5.41) is 15.8. The standard InChI is InChI=1S/C18H36N4O2/c1-14(2)15(22-10-8-21(4)9-11-22)12-19-17(24)20-16-6-5-7-18(16,3)13-23/h14-16,23H,5-13H2,1-4H3,(H2,19,20,24). The van der Waals surface area contributed by atoms with Crippen LogP contribution in [0.4, 0.5) is 4.79 Å². The molecule has 3 atom stereocenters. The molecule has 0 aromatic carbocycles. The quantitative estimate of drug-likeness (QED) is 0.678. The molecule has 1 aliphatic carbocycles. The molecule has 140 valence electrons. The number of aliphatic hydroxyl groups excluding tert-OH is 1. The average Bonchev–Trinajstić information content (AvgIpc) is 2.90. The Bertz CT molecular complexity index is 410. The van der Waals surface area contributed by atoms with Crippen molar-refractivity contribution >= 4 is 6.03 Å². The Balaban J connectivity index is 1.82. The summed E-state index contributed by atoms with van der Waals surface area (Å²) in [5.74, 6) is 0.503. The first-order valence-electron chi connectivity index (χ1n) is 9.43. The van der Waals surface area contributed by atoms with Gasteiger partial charge in [0.05, 0.1) is 6.61 Å². The lowest BCUT2D eigenvalue weighted by Gasteiger charge is -2.40. The number of urea groups is 1. The first kappa shape index (κ1) is 19.5. The molecule has 3 N–H and O–H groups in total. The van der Waals surface area contributed by atoms with Crippen LogP contribution < -0.4 is 10.6 Å². The average molecular weight is 341 g/mol. The van der Waals surface area contributed by atoms with Crippen molar-refractivity contribution in [1.29, 1.82) is 0 Å². The van der Waals surface area contributed by atoms with E-state index in [-0.39, 0.29) is 24.1 Å². The number of rotatable bonds is 6. The second-order valence-corrected chi connectivity index (χ2v) is 8.26. The molecule has 2 aliphatic rings. The molecular formula is C18H36N4O2. The van der Waals surface area contributed by atoms with E-state index in [4.69, 9.17) is 0 Å². The zero-order valence-electron chi connectivity index (χ0n) is 15.8. The monoisotopic (exact) mass is 340 g/mol. The van der Waals surface area contributed by atoms with Crippen molar-refractivity contribution in [2.75, 3.05) is 46.4 Å². The first-order chi connectivity index (χ1) is 11.4. The molecule has 2 rings (SSSR count). The number of carbonyl (C=O) groups is 1. The predicted molar refractivity (Wildman–Crippen MR) is 97.1 cm³/mol. The Morgan fingerprint density at radius 1 is 1.29 bits per heavy atom. The van der Waals surface area contributed by atoms with Crippen LogP contribution in [0, 0.1) is 11.3 Å². The fourth-order valence-electron chi connectivity index (χ4n) is 4.01. The molecule has 1 heterocycles. The number of nitrogens with one attached hydrogen (secondary N) is 2. The van der Waals surface area contributed by atoms with Gasteiger partial charge in [-0.25, -0.2) is 4.79 Å². The molecule has 24 heavy (non-hydrogen) atoms. The van der Waals surface area contributed by atoms with Gasteiger partial charge in [-0.15, -0.1) is 0 Å². The van der Waals surface area contributed by atoms with Crippen LogP contribution >= 0.6 is 0 Å². The molecule has 1 aliphatic heterocycles. The largest absolute Gasteiger partial charge is 0.396 e. The van der Waals surface area contributed by atoms with E-state index in [1.165, 1.54) is 0 Å². The molecule has 2 fully saturated rings. The third kappa shape index (κ3) is 4.83. The van der Waals surface area contributed by atoms with E-state index in [0.29, 0.717) is 18.5 Å². The number of carbonyl (C=O) groups excluding carboxylic acids is 1. The zero-order chi connectivity index (χ0) is 17.7. The molecule has 1 saturated carbocycles. The van der Waals surface area contributed by atoms with E-state index in [1.54, 1.807) is 0 Å². The van der Waals surface area contributed by atoms with Gasteiger partial charge in [0.25, 0.3) is 0 Å². The van der Waals surface area contributed by atoms with Gasteiger partial charge in [0.2, 0.25) is 0 Å². The lowest BCUT2D eigenvalue weighted by atomic mass is 9.86. The molecule has 0 aromatic rings. The molecule has 0 bridgehead atoms. The van der Waals surface area contributed by atoms with E-state index < -0.39 is 0 Å². The minimum atomic E-state index is -0.174. The Morgan fingerprint density at radius 3 is 2.54 bits per heavy atom. The Labute approximate surface area is 147 Å². The number of amides is 2. The predicted octanol–water partition coefficient (Wildman–Crippen LogP) is 1.11. The number of likely N-dealkylation sites (N-methyl/N-ethyl adjacent to an activating group) is 1. The fourth-order valence-corrected chi connectivity index (χ4v) is 4.01. The summed E-state index contributed by atoms with van der Waals surface area (Å²) in [6, 6.07) is 0.349. The highest BCUT2D eigenvalue weighted by atomic mass is 16.3. The second kappa shape index (κ2) is 8.50. The maximum Gasteiger partial charge on any atom is 0.315 e. The van der Waals surface area contributed by atoms with Gasteiger partial charge in [0, 0.05) is 50.2 Å². The molecule has 6 heteroatoms. The van der Waals surface area contributed by atoms with Gasteiger partial charge in [-0.2, -0.15) is 0 Å². The molecule has 3 unspecified atom stereocenters. The Morgan fingerprint density at radius 2 is 1.96 bits per heavy atom. The van der Waals surface area contributed by atoms with Crippen molar-refractivity contribution in [2.24, 2.45) is 11.3 Å². The van der Waals surface area contributed by atoms with Crippen LogP contribution in [0.1, 0.15) is 40.0 Å². The highest BCUT2D eigenvalue weighted by Gasteiger charge is 2.39. The topological polar surface area (TPSA) is 67.8 Å². The van der Waals surface area contributed by atoms with Gasteiger partial charge in [0.1, 0.15) is 0 Å². The van der Waals surface area contributed by atoms with Crippen LogP contribution in [0.2, 0.25) is 0 Å². The van der Waals surface area contributed by atoms with Crippen molar-refractivity contribution in [1.82, 2.24) is 20.4 Å². The summed E-state index contributed by atoms with van der Waals surface area (Å²) < 4.78 is 0. The van der Waals surface area contributed by atoms with Gasteiger partial charge >= 0.3 is 6.03 Å². The second-order valence-electron chi connectivity index (χ2n) is 8.26. The van der Waals surface area contributed by atoms with E-state index >= 15 is 0 Å². The van der Waals surface area contributed by atoms with Gasteiger partial charge < -0.3 is 20.6 Å². The van der Waals surface area contributed by atoms with E-state index in [1.807, 2.05) is 0 Å². The van der Waals surface area contributed by atoms with Crippen LogP contribution in [-0.2, 0) is 0 Å². The van der Waals surface area contributed by atoms with Crippen LogP contribution in [0.5, 0.6) is 0 Å². The maximum absolute atomic E-state index is 12.3. The van der Waals surface area contributed by atoms with Gasteiger partial charge in [0.15, 0.2) is 0 Å². The normalized spacial score (nSPS) is 30.5. The van der Waals surface area contributed by atoms with Crippen molar-refractivity contribution in [2.45, 2.75) is 52.1 Å². The Kier molecular flexibility index (Phi) is 6.89. The summed E-state index contributed by atoms with van der Waals surface area (Å²) in [5.41, 5.74) is -0.174. The number of hydrogen-bond donors (Lipinski definition) is 3. The highest BCUT2D eigenvalue weighted by molar-refractivity contribution is 5.74. The van der Waals surface area contributed by atoms with Crippen LogP contribution in [-0.4, -0.2) is 79.4 Å². The molecule has 0 aromatic heterocycles. The van der Waals surface area contributed by atoms with Crippen molar-refractivity contribution in [3.05, 3.63) is 0 Å². The van der Waals surface area contributed by atoms with Crippen molar-refractivity contribution in [3.8, 4) is 0 Å². The molecule has 6 nitrogen and oxygen atoms in total. The van der Waals surface area contributed by atoms with Gasteiger partial charge in [-0.05, 0) is 25.8 Å². The molecule has 2 amide bonds. The lowest BCUT2D eigenvalue weighted by molar-refractivity contribution is 0.0879. The summed E-state index contributed by atoms with van der Waals surface area (Å²) in [6.45, 7) is 11.6. The highest BCUT2D eigenvalue weighted by Crippen LogP contribution is 2.37. The van der Waals surface area contributed by atoms with E-state index in [2.05, 4.69) is 48.3 Å². The third-order valence-electron chi connectivity index (χ3n) is 6.00. The lowest BCUT2D eigenvalue weighted by Crippen LogP contribution is -2.56. The summed E-state index contributed by atoms with van der Waals surface area (Å²) >= 11 is 0. The first-order valence-corrected chi connectivity index (χ1v) is 9.43. The molecular weight excluding hydrogens is 304 g/mol. The minimum Gasteiger partial charge on any atom is -0.396 e. The SMILES string of the molecule is CC(C)C(CNC(=O)NC1CCCC1(C)CO)N1CCN(C)CC1. The molecule has 1 saturated heterocycles. The number of hydrogen-bond acceptors (Lipinski definition) is 4. The number of piperazine rings is 1. The molecule has 0 radical (unpaired) electrons. The van der Waals surface area contributed by atoms with Crippen LogP contribution in [0.15, 0.2) is 0 Å². The smallest absolute Gasteiger partial charge is 0.315 e. The minimum absolute atomic E-state index is 0.0728. The third-order valence-corrected chi connectivity index (χ3v) is 6.00. The fraction of sp³-hybridized carbons (Fsp3) is 0.944. The van der Waals surface area contributed by atoms with Gasteiger partial charge in [-0.1, -0.05) is 27.2 Å². The summed E-state index contributed by atoms with van der Waals surface area (Å²) in [4.78, 5) is 17.2. The van der Waals surface area contributed by atoms with Crippen LogP contribution in [0.25, 0.3) is 0 Å². The van der Waals surface area contributed by atoms with Crippen molar-refractivity contribution < 1.29 is 9.90 Å². The van der Waals surface area contributed by atoms with Crippen LogP contribution in [0.3, 0.4) is 0 Å². The Hall–Kier alpha value is -0.850. The zero-order valence-corrected chi connectivity index (χ0v) is 15.8. The molecule has 0 spiro atoms. The maximum atomic E-state index is 12.3.